The summed E-state index contributed by atoms with van der Waals surface area (Å²) in [4.78, 5) is 36.1. The molecule has 204 valence electrons. The number of hydrogen-bond acceptors (Lipinski definition) is 7. The lowest BCUT2D eigenvalue weighted by atomic mass is 10.1. The van der Waals surface area contributed by atoms with Gasteiger partial charge in [0.15, 0.2) is 10.8 Å². The highest BCUT2D eigenvalue weighted by Crippen LogP contribution is 2.34. The van der Waals surface area contributed by atoms with E-state index in [0.717, 1.165) is 37.6 Å². The van der Waals surface area contributed by atoms with Crippen molar-refractivity contribution in [3.63, 3.8) is 0 Å². The minimum atomic E-state index is -0.283. The van der Waals surface area contributed by atoms with Crippen molar-refractivity contribution in [1.82, 2.24) is 24.3 Å². The number of carbonyl (C=O) groups is 1. The minimum absolute atomic E-state index is 0.148. The molecule has 10 heteroatoms. The van der Waals surface area contributed by atoms with Crippen molar-refractivity contribution in [2.24, 2.45) is 0 Å². The molecule has 3 aromatic heterocycles. The van der Waals surface area contributed by atoms with Gasteiger partial charge in [-0.2, -0.15) is 5.10 Å². The fraction of sp³-hybridized carbons (Fsp3) is 0.194. The molecular formula is C31H26N6O2S2. The molecule has 1 N–H and O–H groups in total. The fourth-order valence-corrected chi connectivity index (χ4v) is 7.48. The predicted octanol–water partition coefficient (Wildman–Crippen LogP) is 6.46. The Labute approximate surface area is 244 Å². The zero-order valence-corrected chi connectivity index (χ0v) is 24.3. The largest absolute Gasteiger partial charge is 0.326 e. The number of aromatic nitrogens is 5. The summed E-state index contributed by atoms with van der Waals surface area (Å²) in [5.74, 6) is 0.458. The Balaban J connectivity index is 1.09. The van der Waals surface area contributed by atoms with Crippen molar-refractivity contribution in [2.75, 3.05) is 11.1 Å². The van der Waals surface area contributed by atoms with E-state index >= 15 is 0 Å². The molecule has 0 aliphatic carbocycles. The van der Waals surface area contributed by atoms with Crippen LogP contribution in [0, 0.1) is 20.8 Å². The molecule has 3 aromatic carbocycles. The second-order valence-electron chi connectivity index (χ2n) is 10.4. The molecular weight excluding hydrogens is 553 g/mol. The number of aryl methyl sites for hydroxylation is 3. The quantitative estimate of drug-likeness (QED) is 0.236. The summed E-state index contributed by atoms with van der Waals surface area (Å²) in [6, 6.07) is 19.8. The molecule has 0 bridgehead atoms. The number of rotatable bonds is 5. The molecule has 1 aliphatic rings. The first-order chi connectivity index (χ1) is 19.8. The third-order valence-electron chi connectivity index (χ3n) is 7.33. The number of amides is 1. The number of nitrogens with zero attached hydrogens (tertiary/aromatic N) is 5. The molecule has 6 aromatic rings. The van der Waals surface area contributed by atoms with E-state index < -0.39 is 0 Å². The molecule has 41 heavy (non-hydrogen) atoms. The summed E-state index contributed by atoms with van der Waals surface area (Å²) in [6.45, 7) is 6.14. The number of thioether (sulfide) groups is 1. The van der Waals surface area contributed by atoms with E-state index in [1.807, 2.05) is 56.3 Å². The number of benzene rings is 3. The highest BCUT2D eigenvalue weighted by Gasteiger charge is 2.30. The maximum absolute atomic E-state index is 13.5. The van der Waals surface area contributed by atoms with Crippen LogP contribution < -0.4 is 10.9 Å². The highest BCUT2D eigenvalue weighted by atomic mass is 32.2. The molecule has 1 amide bonds. The second kappa shape index (κ2) is 9.97. The van der Waals surface area contributed by atoms with Crippen molar-refractivity contribution < 1.29 is 4.79 Å². The lowest BCUT2D eigenvalue weighted by Gasteiger charge is -2.14. The number of anilines is 1. The third kappa shape index (κ3) is 4.62. The summed E-state index contributed by atoms with van der Waals surface area (Å²) < 4.78 is 4.54. The Morgan fingerprint density at radius 1 is 1.00 bits per heavy atom. The first-order valence-electron chi connectivity index (χ1n) is 13.3. The number of carbonyl (C=O) groups excluding carboxylic acids is 1. The lowest BCUT2D eigenvalue weighted by Crippen LogP contribution is -2.27. The third-order valence-corrected chi connectivity index (χ3v) is 9.50. The van der Waals surface area contributed by atoms with Crippen molar-refractivity contribution >= 4 is 55.9 Å². The maximum Gasteiger partial charge on any atom is 0.265 e. The van der Waals surface area contributed by atoms with Gasteiger partial charge in [-0.3, -0.25) is 14.2 Å². The number of hydrogen-bond donors (Lipinski definition) is 1. The van der Waals surface area contributed by atoms with Crippen LogP contribution in [-0.2, 0) is 4.79 Å². The molecule has 8 nitrogen and oxygen atoms in total. The topological polar surface area (TPSA) is 94.7 Å². The number of thiazole rings is 1. The Kier molecular flexibility index (Phi) is 6.24. The van der Waals surface area contributed by atoms with Crippen LogP contribution in [0.3, 0.4) is 0 Å². The molecule has 0 radical (unpaired) electrons. The Morgan fingerprint density at radius 2 is 1.78 bits per heavy atom. The monoisotopic (exact) mass is 578 g/mol. The van der Waals surface area contributed by atoms with Crippen LogP contribution in [0.5, 0.6) is 0 Å². The van der Waals surface area contributed by atoms with E-state index in [2.05, 4.69) is 35.5 Å². The van der Waals surface area contributed by atoms with Gasteiger partial charge in [0.2, 0.25) is 5.91 Å². The summed E-state index contributed by atoms with van der Waals surface area (Å²) in [5, 5.41) is 9.49. The molecule has 1 atom stereocenters. The van der Waals surface area contributed by atoms with Crippen LogP contribution in [0.15, 0.2) is 76.8 Å². The molecule has 1 aliphatic heterocycles. The van der Waals surface area contributed by atoms with E-state index in [9.17, 15) is 9.59 Å². The van der Waals surface area contributed by atoms with Gasteiger partial charge >= 0.3 is 0 Å². The zero-order chi connectivity index (χ0) is 28.2. The Bertz CT molecular complexity index is 2040. The second-order valence-corrected chi connectivity index (χ2v) is 12.5. The van der Waals surface area contributed by atoms with Gasteiger partial charge in [-0.1, -0.05) is 35.5 Å². The average Bonchev–Trinajstić information content (AvgIpc) is 3.66. The van der Waals surface area contributed by atoms with E-state index in [-0.39, 0.29) is 23.9 Å². The first kappa shape index (κ1) is 25.7. The molecule has 1 unspecified atom stereocenters. The average molecular weight is 579 g/mol. The molecule has 0 fully saturated rings. The van der Waals surface area contributed by atoms with Crippen LogP contribution >= 0.6 is 23.1 Å². The zero-order valence-electron chi connectivity index (χ0n) is 22.7. The van der Waals surface area contributed by atoms with Crippen LogP contribution in [0.1, 0.15) is 29.2 Å². The maximum atomic E-state index is 13.5. The SMILES string of the molecule is Cc1ccc(-n2ncc3c(=O)n4c(nc32)SCC4CC(=O)Nc2ccc(-c3nc4ccc(C)cc4s3)cc2)c(C)c1. The molecule has 0 saturated carbocycles. The van der Waals surface area contributed by atoms with Gasteiger partial charge in [-0.15, -0.1) is 11.3 Å². The first-order valence-corrected chi connectivity index (χ1v) is 15.1. The Morgan fingerprint density at radius 3 is 2.59 bits per heavy atom. The lowest BCUT2D eigenvalue weighted by molar-refractivity contribution is -0.116. The van der Waals surface area contributed by atoms with E-state index in [4.69, 9.17) is 9.97 Å². The van der Waals surface area contributed by atoms with E-state index in [1.165, 1.54) is 17.3 Å². The van der Waals surface area contributed by atoms with Crippen molar-refractivity contribution in [2.45, 2.75) is 38.4 Å². The van der Waals surface area contributed by atoms with Crippen LogP contribution in [0.4, 0.5) is 5.69 Å². The van der Waals surface area contributed by atoms with Crippen LogP contribution in [0.2, 0.25) is 0 Å². The van der Waals surface area contributed by atoms with Gasteiger partial charge in [-0.05, 0) is 74.4 Å². The van der Waals surface area contributed by atoms with E-state index in [0.29, 0.717) is 27.6 Å². The van der Waals surface area contributed by atoms with Crippen molar-refractivity contribution in [3.05, 3.63) is 93.9 Å². The van der Waals surface area contributed by atoms with Gasteiger partial charge in [0.25, 0.3) is 5.56 Å². The molecule has 4 heterocycles. The van der Waals surface area contributed by atoms with Gasteiger partial charge in [0, 0.05) is 23.4 Å². The Hall–Kier alpha value is -4.28. The summed E-state index contributed by atoms with van der Waals surface area (Å²) in [7, 11) is 0. The van der Waals surface area contributed by atoms with Crippen LogP contribution in [0.25, 0.3) is 37.5 Å². The summed E-state index contributed by atoms with van der Waals surface area (Å²) in [6.07, 6.45) is 1.75. The molecule has 7 rings (SSSR count). The fourth-order valence-electron chi connectivity index (χ4n) is 5.28. The smallest absolute Gasteiger partial charge is 0.265 e. The van der Waals surface area contributed by atoms with Gasteiger partial charge in [-0.25, -0.2) is 14.6 Å². The number of nitrogens with one attached hydrogen (secondary N) is 1. The van der Waals surface area contributed by atoms with E-state index in [1.54, 1.807) is 26.8 Å². The standard InChI is InChI=1S/C31H26N6O2S2/c1-17-5-11-25(19(3)12-17)37-28-23(15-32-37)30(39)36-22(16-40-31(36)35-28)14-27(38)33-21-8-6-20(7-9-21)29-34-24-10-4-18(2)13-26(24)41-29/h4-13,15,22H,14,16H2,1-3H3,(H,33,38). The van der Waals surface area contributed by atoms with Crippen LogP contribution in [-0.4, -0.2) is 36.0 Å². The minimum Gasteiger partial charge on any atom is -0.326 e. The normalized spacial score (nSPS) is 14.6. The molecule has 0 spiro atoms. The van der Waals surface area contributed by atoms with Crippen molar-refractivity contribution in [3.8, 4) is 16.3 Å². The molecule has 0 saturated heterocycles. The summed E-state index contributed by atoms with van der Waals surface area (Å²) in [5.41, 5.74) is 7.39. The summed E-state index contributed by atoms with van der Waals surface area (Å²) >= 11 is 3.15. The number of fused-ring (bicyclic) bond motifs is 3. The van der Waals surface area contributed by atoms with Gasteiger partial charge in [0.1, 0.15) is 10.4 Å². The predicted molar refractivity (Wildman–Crippen MR) is 165 cm³/mol. The van der Waals surface area contributed by atoms with Gasteiger partial charge < -0.3 is 5.32 Å². The highest BCUT2D eigenvalue weighted by molar-refractivity contribution is 7.99. The van der Waals surface area contributed by atoms with Crippen molar-refractivity contribution in [1.29, 1.82) is 0 Å². The van der Waals surface area contributed by atoms with Gasteiger partial charge in [0.05, 0.1) is 28.1 Å².